The molecule has 3 aromatic heterocycles. The van der Waals surface area contributed by atoms with Crippen molar-refractivity contribution in [2.24, 2.45) is 7.05 Å². The summed E-state index contributed by atoms with van der Waals surface area (Å²) in [6.45, 7) is 3.55. The number of hydrogen-bond donors (Lipinski definition) is 1. The predicted octanol–water partition coefficient (Wildman–Crippen LogP) is 1.49. The number of nitrogens with one attached hydrogen (secondary N) is 1. The highest BCUT2D eigenvalue weighted by atomic mass is 15.3. The van der Waals surface area contributed by atoms with Crippen LogP contribution < -0.4 is 5.32 Å². The average molecular weight is 283 g/mol. The third-order valence-corrected chi connectivity index (χ3v) is 3.30. The lowest BCUT2D eigenvalue weighted by molar-refractivity contribution is 0.698. The van der Waals surface area contributed by atoms with Crippen LogP contribution in [-0.4, -0.2) is 35.8 Å². The molecule has 0 radical (unpaired) electrons. The first-order valence-corrected chi connectivity index (χ1v) is 6.77. The fourth-order valence-corrected chi connectivity index (χ4v) is 2.14. The van der Waals surface area contributed by atoms with Crippen LogP contribution in [0.3, 0.4) is 0 Å². The zero-order chi connectivity index (χ0) is 14.7. The van der Waals surface area contributed by atoms with Gasteiger partial charge in [0.2, 0.25) is 5.95 Å². The van der Waals surface area contributed by atoms with Crippen molar-refractivity contribution in [2.75, 3.05) is 11.9 Å². The van der Waals surface area contributed by atoms with E-state index in [1.807, 2.05) is 32.3 Å². The van der Waals surface area contributed by atoms with E-state index in [-0.39, 0.29) is 0 Å². The summed E-state index contributed by atoms with van der Waals surface area (Å²) in [5.41, 5.74) is 1.82. The van der Waals surface area contributed by atoms with Crippen molar-refractivity contribution in [2.45, 2.75) is 13.5 Å². The molecule has 0 saturated heterocycles. The van der Waals surface area contributed by atoms with Gasteiger partial charge in [-0.2, -0.15) is 5.10 Å². The maximum absolute atomic E-state index is 4.51. The largest absolute Gasteiger partial charge is 0.352 e. The molecule has 0 saturated carbocycles. The molecule has 0 unspecified atom stereocenters. The van der Waals surface area contributed by atoms with Crippen LogP contribution in [0.15, 0.2) is 36.9 Å². The second-order valence-corrected chi connectivity index (χ2v) is 4.70. The molecule has 3 heterocycles. The first-order valence-electron chi connectivity index (χ1n) is 6.77. The minimum atomic E-state index is 0.617. The van der Waals surface area contributed by atoms with Crippen LogP contribution in [-0.2, 0) is 13.6 Å². The molecule has 3 rings (SSSR count). The third kappa shape index (κ3) is 2.91. The number of nitrogens with zero attached hydrogens (tertiary/aromatic N) is 6. The summed E-state index contributed by atoms with van der Waals surface area (Å²) in [7, 11) is 1.90. The second kappa shape index (κ2) is 5.74. The molecule has 0 amide bonds. The van der Waals surface area contributed by atoms with E-state index in [0.29, 0.717) is 5.95 Å². The van der Waals surface area contributed by atoms with E-state index in [9.17, 15) is 0 Å². The third-order valence-electron chi connectivity index (χ3n) is 3.30. The van der Waals surface area contributed by atoms with E-state index < -0.39 is 0 Å². The molecule has 7 nitrogen and oxygen atoms in total. The number of anilines is 1. The van der Waals surface area contributed by atoms with Gasteiger partial charge in [-0.1, -0.05) is 0 Å². The van der Waals surface area contributed by atoms with E-state index in [1.54, 1.807) is 23.3 Å². The van der Waals surface area contributed by atoms with Crippen molar-refractivity contribution in [3.8, 4) is 11.4 Å². The Kier molecular flexibility index (Phi) is 3.63. The molecular weight excluding hydrogens is 266 g/mol. The van der Waals surface area contributed by atoms with Gasteiger partial charge in [-0.05, 0) is 19.1 Å². The van der Waals surface area contributed by atoms with Crippen LogP contribution in [0, 0.1) is 6.92 Å². The zero-order valence-corrected chi connectivity index (χ0v) is 12.1. The number of hydrogen-bond acceptors (Lipinski definition) is 5. The minimum Gasteiger partial charge on any atom is -0.352 e. The smallest absolute Gasteiger partial charge is 0.223 e. The quantitative estimate of drug-likeness (QED) is 0.768. The molecule has 108 valence electrons. The Hall–Kier alpha value is -2.70. The average Bonchev–Trinajstić information content (AvgIpc) is 3.08. The maximum Gasteiger partial charge on any atom is 0.223 e. The van der Waals surface area contributed by atoms with Crippen molar-refractivity contribution in [3.05, 3.63) is 42.7 Å². The molecular formula is C14H17N7. The molecule has 0 spiro atoms. The number of aryl methyl sites for hydroxylation is 2. The van der Waals surface area contributed by atoms with Gasteiger partial charge < -0.3 is 9.88 Å². The summed E-state index contributed by atoms with van der Waals surface area (Å²) in [4.78, 5) is 12.9. The van der Waals surface area contributed by atoms with Gasteiger partial charge in [0.15, 0.2) is 0 Å². The summed E-state index contributed by atoms with van der Waals surface area (Å²) in [5.74, 6) is 1.62. The van der Waals surface area contributed by atoms with Crippen LogP contribution in [0.25, 0.3) is 11.4 Å². The Morgan fingerprint density at radius 2 is 2.05 bits per heavy atom. The summed E-state index contributed by atoms with van der Waals surface area (Å²) in [6, 6.07) is 3.81. The maximum atomic E-state index is 4.51. The van der Waals surface area contributed by atoms with Crippen LogP contribution >= 0.6 is 0 Å². The summed E-state index contributed by atoms with van der Waals surface area (Å²) < 4.78 is 3.87. The molecule has 21 heavy (non-hydrogen) atoms. The standard InChI is InChI=1S/C14H17N7/c1-11-15-7-9-21(11)10-8-17-14-16-5-3-12(19-14)13-4-6-18-20(13)2/h3-7,9H,8,10H2,1-2H3,(H,16,17,19). The van der Waals surface area contributed by atoms with E-state index >= 15 is 0 Å². The van der Waals surface area contributed by atoms with Gasteiger partial charge in [0.1, 0.15) is 5.82 Å². The fourth-order valence-electron chi connectivity index (χ4n) is 2.14. The molecule has 1 N–H and O–H groups in total. The van der Waals surface area contributed by atoms with Gasteiger partial charge in [-0.25, -0.2) is 15.0 Å². The molecule has 0 aromatic carbocycles. The second-order valence-electron chi connectivity index (χ2n) is 4.70. The zero-order valence-electron chi connectivity index (χ0n) is 12.1. The summed E-state index contributed by atoms with van der Waals surface area (Å²) in [6.07, 6.45) is 7.27. The Morgan fingerprint density at radius 1 is 1.14 bits per heavy atom. The number of imidazole rings is 1. The van der Waals surface area contributed by atoms with Crippen LogP contribution in [0.1, 0.15) is 5.82 Å². The van der Waals surface area contributed by atoms with Crippen molar-refractivity contribution in [3.63, 3.8) is 0 Å². The SMILES string of the molecule is Cc1nccn1CCNc1nccc(-c2ccnn2C)n1. The van der Waals surface area contributed by atoms with E-state index in [1.165, 1.54) is 0 Å². The van der Waals surface area contributed by atoms with Crippen LogP contribution in [0.2, 0.25) is 0 Å². The number of aromatic nitrogens is 6. The number of rotatable bonds is 5. The van der Waals surface area contributed by atoms with Crippen molar-refractivity contribution in [1.29, 1.82) is 0 Å². The van der Waals surface area contributed by atoms with Gasteiger partial charge in [0, 0.05) is 44.9 Å². The van der Waals surface area contributed by atoms with Gasteiger partial charge >= 0.3 is 0 Å². The molecule has 0 fully saturated rings. The van der Waals surface area contributed by atoms with Crippen molar-refractivity contribution >= 4 is 5.95 Å². The van der Waals surface area contributed by atoms with Gasteiger partial charge in [-0.3, -0.25) is 4.68 Å². The van der Waals surface area contributed by atoms with Gasteiger partial charge in [0.05, 0.1) is 11.4 Å². The highest BCUT2D eigenvalue weighted by Gasteiger charge is 2.05. The predicted molar refractivity (Wildman–Crippen MR) is 79.7 cm³/mol. The first-order chi connectivity index (χ1) is 10.2. The fraction of sp³-hybridized carbons (Fsp3) is 0.286. The lowest BCUT2D eigenvalue weighted by Crippen LogP contribution is -2.13. The first kappa shape index (κ1) is 13.3. The van der Waals surface area contributed by atoms with E-state index in [0.717, 1.165) is 30.3 Å². The van der Waals surface area contributed by atoms with Crippen molar-refractivity contribution < 1.29 is 0 Å². The molecule has 0 aliphatic rings. The normalized spacial score (nSPS) is 10.8. The Balaban J connectivity index is 1.67. The summed E-state index contributed by atoms with van der Waals surface area (Å²) >= 11 is 0. The Bertz CT molecular complexity index is 728. The molecule has 0 bridgehead atoms. The molecule has 7 heteroatoms. The molecule has 0 aliphatic carbocycles. The molecule has 0 atom stereocenters. The van der Waals surface area contributed by atoms with Crippen LogP contribution in [0.5, 0.6) is 0 Å². The van der Waals surface area contributed by atoms with E-state index in [2.05, 4.69) is 29.9 Å². The Morgan fingerprint density at radius 3 is 2.76 bits per heavy atom. The Labute approximate surface area is 122 Å². The van der Waals surface area contributed by atoms with Gasteiger partial charge in [0.25, 0.3) is 0 Å². The lowest BCUT2D eigenvalue weighted by Gasteiger charge is -2.08. The molecule has 0 aliphatic heterocycles. The molecule has 3 aromatic rings. The summed E-state index contributed by atoms with van der Waals surface area (Å²) in [5, 5.41) is 7.39. The van der Waals surface area contributed by atoms with Gasteiger partial charge in [-0.15, -0.1) is 0 Å². The monoisotopic (exact) mass is 283 g/mol. The highest BCUT2D eigenvalue weighted by Crippen LogP contribution is 2.15. The minimum absolute atomic E-state index is 0.617. The topological polar surface area (TPSA) is 73.5 Å². The van der Waals surface area contributed by atoms with Crippen LogP contribution in [0.4, 0.5) is 5.95 Å². The van der Waals surface area contributed by atoms with Crippen molar-refractivity contribution in [1.82, 2.24) is 29.3 Å². The van der Waals surface area contributed by atoms with E-state index in [4.69, 9.17) is 0 Å². The lowest BCUT2D eigenvalue weighted by atomic mass is 10.3. The highest BCUT2D eigenvalue weighted by molar-refractivity contribution is 5.55.